The van der Waals surface area contributed by atoms with Crippen molar-refractivity contribution < 1.29 is 13.5 Å². The van der Waals surface area contributed by atoms with Gasteiger partial charge in [-0.1, -0.05) is 6.07 Å². The Labute approximate surface area is 192 Å². The topological polar surface area (TPSA) is 95.1 Å². The van der Waals surface area contributed by atoms with Gasteiger partial charge in [0.2, 0.25) is 11.8 Å². The Morgan fingerprint density at radius 2 is 1.97 bits per heavy atom. The average Bonchev–Trinajstić information content (AvgIpc) is 3.45. The number of ether oxygens (including phenoxy) is 1. The van der Waals surface area contributed by atoms with Crippen LogP contribution in [-0.2, 0) is 13.5 Å². The minimum absolute atomic E-state index is 0.146. The fraction of sp³-hybridized carbons (Fsp3) is 0.174. The highest BCUT2D eigenvalue weighted by Crippen LogP contribution is 2.33. The van der Waals surface area contributed by atoms with E-state index in [4.69, 9.17) is 4.74 Å². The van der Waals surface area contributed by atoms with Gasteiger partial charge in [0.05, 0.1) is 17.8 Å². The van der Waals surface area contributed by atoms with Crippen LogP contribution in [0.4, 0.5) is 20.5 Å². The summed E-state index contributed by atoms with van der Waals surface area (Å²) in [6, 6.07) is 11.3. The molecule has 0 unspecified atom stereocenters. The number of benzene rings is 1. The van der Waals surface area contributed by atoms with Crippen molar-refractivity contribution in [3.05, 3.63) is 77.9 Å². The number of nitrogens with one attached hydrogen (secondary N) is 1. The Hall–Kier alpha value is -4.41. The van der Waals surface area contributed by atoms with Crippen molar-refractivity contribution in [1.82, 2.24) is 34.3 Å². The number of nitrogens with zero attached hydrogens (tertiary/aromatic N) is 7. The molecule has 34 heavy (non-hydrogen) atoms. The zero-order chi connectivity index (χ0) is 23.2. The van der Waals surface area contributed by atoms with Gasteiger partial charge < -0.3 is 10.1 Å². The summed E-state index contributed by atoms with van der Waals surface area (Å²) in [6.45, 7) is 0.341. The zero-order valence-corrected chi connectivity index (χ0v) is 18.0. The number of rotatable bonds is 5. The van der Waals surface area contributed by atoms with Crippen molar-refractivity contribution in [2.24, 2.45) is 7.05 Å². The number of hydrogen-bond donors (Lipinski definition) is 1. The Bertz CT molecular complexity index is 1530. The first-order chi connectivity index (χ1) is 16.5. The molecule has 0 aliphatic carbocycles. The van der Waals surface area contributed by atoms with Gasteiger partial charge in [0, 0.05) is 30.9 Å². The Kier molecular flexibility index (Phi) is 4.68. The summed E-state index contributed by atoms with van der Waals surface area (Å²) in [7, 11) is 1.82. The highest BCUT2D eigenvalue weighted by atomic mass is 19.2. The standard InChI is InChI=1S/C23H18F2N8O/c1-32-19(5-7-27-32)29-23-26-6-4-18(28-23)14-10-20-30-31-22-15(12-34-21(11-14)33(20)22)8-13-2-3-16(24)17(25)9-13/h2-7,9-11,15H,8,12H2,1H3,(H,26,28,29)/t15-/m0/s1. The van der Waals surface area contributed by atoms with E-state index in [1.165, 1.54) is 6.07 Å². The number of hydrogen-bond acceptors (Lipinski definition) is 7. The van der Waals surface area contributed by atoms with Crippen LogP contribution in [0, 0.1) is 11.6 Å². The first kappa shape index (κ1) is 20.2. The van der Waals surface area contributed by atoms with Crippen molar-refractivity contribution in [3.8, 4) is 17.1 Å². The van der Waals surface area contributed by atoms with Gasteiger partial charge in [-0.25, -0.2) is 23.1 Å². The highest BCUT2D eigenvalue weighted by molar-refractivity contribution is 5.67. The highest BCUT2D eigenvalue weighted by Gasteiger charge is 2.27. The maximum absolute atomic E-state index is 13.6. The molecular formula is C23H18F2N8O. The Morgan fingerprint density at radius 1 is 1.06 bits per heavy atom. The predicted octanol–water partition coefficient (Wildman–Crippen LogP) is 3.66. The number of aromatic nitrogens is 7. The van der Waals surface area contributed by atoms with E-state index in [1.54, 1.807) is 29.2 Å². The van der Waals surface area contributed by atoms with Crippen LogP contribution in [0.2, 0.25) is 0 Å². The predicted molar refractivity (Wildman–Crippen MR) is 119 cm³/mol. The van der Waals surface area contributed by atoms with Crippen LogP contribution in [0.15, 0.2) is 54.9 Å². The summed E-state index contributed by atoms with van der Waals surface area (Å²) >= 11 is 0. The van der Waals surface area contributed by atoms with Crippen LogP contribution in [0.5, 0.6) is 5.88 Å². The van der Waals surface area contributed by atoms with Gasteiger partial charge >= 0.3 is 0 Å². The van der Waals surface area contributed by atoms with Gasteiger partial charge in [-0.3, -0.25) is 4.68 Å². The summed E-state index contributed by atoms with van der Waals surface area (Å²) in [5.41, 5.74) is 2.77. The number of pyridine rings is 1. The number of halogens is 2. The van der Waals surface area contributed by atoms with Gasteiger partial charge in [-0.05, 0) is 36.2 Å². The Balaban J connectivity index is 1.31. The molecule has 0 bridgehead atoms. The van der Waals surface area contributed by atoms with Crippen LogP contribution in [0.3, 0.4) is 0 Å². The van der Waals surface area contributed by atoms with E-state index in [0.717, 1.165) is 17.4 Å². The van der Waals surface area contributed by atoms with E-state index in [1.807, 2.05) is 29.6 Å². The van der Waals surface area contributed by atoms with Gasteiger partial charge in [0.1, 0.15) is 18.2 Å². The van der Waals surface area contributed by atoms with E-state index in [9.17, 15) is 8.78 Å². The number of anilines is 2. The molecule has 1 atom stereocenters. The van der Waals surface area contributed by atoms with Gasteiger partial charge in [-0.2, -0.15) is 5.10 Å². The second-order valence-corrected chi connectivity index (χ2v) is 8.03. The molecule has 1 aliphatic heterocycles. The molecule has 0 fully saturated rings. The third kappa shape index (κ3) is 3.51. The molecule has 1 aliphatic rings. The molecule has 6 rings (SSSR count). The zero-order valence-electron chi connectivity index (χ0n) is 18.0. The molecule has 1 N–H and O–H groups in total. The lowest BCUT2D eigenvalue weighted by Crippen LogP contribution is -2.22. The van der Waals surface area contributed by atoms with Crippen LogP contribution in [-0.4, -0.2) is 41.0 Å². The third-order valence-electron chi connectivity index (χ3n) is 5.77. The second kappa shape index (κ2) is 7.87. The van der Waals surface area contributed by atoms with Gasteiger partial charge in [-0.15, -0.1) is 10.2 Å². The van der Waals surface area contributed by atoms with Crippen molar-refractivity contribution >= 4 is 17.4 Å². The summed E-state index contributed by atoms with van der Waals surface area (Å²) in [4.78, 5) is 8.89. The van der Waals surface area contributed by atoms with E-state index in [-0.39, 0.29) is 5.92 Å². The fourth-order valence-corrected chi connectivity index (χ4v) is 4.08. The molecule has 5 aromatic rings. The molecule has 0 saturated heterocycles. The van der Waals surface area contributed by atoms with E-state index >= 15 is 0 Å². The maximum atomic E-state index is 13.6. The second-order valence-electron chi connectivity index (χ2n) is 8.03. The largest absolute Gasteiger partial charge is 0.478 e. The monoisotopic (exact) mass is 460 g/mol. The minimum Gasteiger partial charge on any atom is -0.478 e. The number of aryl methyl sites for hydroxylation is 1. The summed E-state index contributed by atoms with van der Waals surface area (Å²) in [5.74, 6) is 0.626. The average molecular weight is 460 g/mol. The van der Waals surface area contributed by atoms with Crippen LogP contribution >= 0.6 is 0 Å². The molecule has 0 amide bonds. The summed E-state index contributed by atoms with van der Waals surface area (Å²) in [5, 5.41) is 16.0. The normalized spacial score (nSPS) is 14.9. The van der Waals surface area contributed by atoms with E-state index in [2.05, 4.69) is 30.6 Å². The molecular weight excluding hydrogens is 442 g/mol. The minimum atomic E-state index is -0.868. The molecule has 4 aromatic heterocycles. The Morgan fingerprint density at radius 3 is 2.79 bits per heavy atom. The molecule has 1 aromatic carbocycles. The van der Waals surface area contributed by atoms with Crippen molar-refractivity contribution in [2.45, 2.75) is 12.3 Å². The lowest BCUT2D eigenvalue weighted by Gasteiger charge is -2.23. The summed E-state index contributed by atoms with van der Waals surface area (Å²) < 4.78 is 36.5. The van der Waals surface area contributed by atoms with Gasteiger partial charge in [0.25, 0.3) is 0 Å². The lowest BCUT2D eigenvalue weighted by atomic mass is 9.98. The lowest BCUT2D eigenvalue weighted by molar-refractivity contribution is 0.245. The third-order valence-corrected chi connectivity index (χ3v) is 5.77. The quantitative estimate of drug-likeness (QED) is 0.428. The molecule has 0 saturated carbocycles. The summed E-state index contributed by atoms with van der Waals surface area (Å²) in [6.07, 6.45) is 3.81. The molecule has 11 heteroatoms. The van der Waals surface area contributed by atoms with Crippen molar-refractivity contribution in [3.63, 3.8) is 0 Å². The first-order valence-electron chi connectivity index (χ1n) is 10.6. The maximum Gasteiger partial charge on any atom is 0.228 e. The fourth-order valence-electron chi connectivity index (χ4n) is 4.08. The van der Waals surface area contributed by atoms with Crippen LogP contribution in [0.25, 0.3) is 16.9 Å². The SMILES string of the molecule is Cn1nccc1Nc1nccc(-c2cc3n4c(nnc4c2)[C@@H](Cc2ccc(F)c(F)c2)CO3)n1. The first-order valence-corrected chi connectivity index (χ1v) is 10.6. The molecule has 170 valence electrons. The van der Waals surface area contributed by atoms with Crippen molar-refractivity contribution in [2.75, 3.05) is 11.9 Å². The molecule has 9 nitrogen and oxygen atoms in total. The molecule has 5 heterocycles. The van der Waals surface area contributed by atoms with Crippen LogP contribution in [0.1, 0.15) is 17.3 Å². The van der Waals surface area contributed by atoms with Crippen molar-refractivity contribution in [1.29, 1.82) is 0 Å². The molecule has 0 spiro atoms. The van der Waals surface area contributed by atoms with Crippen LogP contribution < -0.4 is 10.1 Å². The molecule has 0 radical (unpaired) electrons. The smallest absolute Gasteiger partial charge is 0.228 e. The van der Waals surface area contributed by atoms with E-state index in [0.29, 0.717) is 47.6 Å². The van der Waals surface area contributed by atoms with Gasteiger partial charge in [0.15, 0.2) is 17.3 Å². The van der Waals surface area contributed by atoms with E-state index < -0.39 is 11.6 Å².